The van der Waals surface area contributed by atoms with Gasteiger partial charge in [-0.15, -0.1) is 0 Å². The minimum atomic E-state index is -0.270. The largest absolute Gasteiger partial charge is 0.473 e. The summed E-state index contributed by atoms with van der Waals surface area (Å²) in [6.45, 7) is 2.85. The molecule has 2 aromatic rings. The number of carbonyl (C=O) groups excluding carboxylic acids is 1. The van der Waals surface area contributed by atoms with Crippen LogP contribution >= 0.6 is 0 Å². The Kier molecular flexibility index (Phi) is 6.08. The van der Waals surface area contributed by atoms with Crippen LogP contribution in [0, 0.1) is 5.41 Å². The number of urea groups is 1. The van der Waals surface area contributed by atoms with Gasteiger partial charge in [0.2, 0.25) is 5.88 Å². The van der Waals surface area contributed by atoms with E-state index >= 15 is 0 Å². The molecule has 0 aliphatic carbocycles. The molecule has 4 N–H and O–H groups in total. The molecule has 31 heavy (non-hydrogen) atoms. The normalized spacial score (nSPS) is 17.7. The van der Waals surface area contributed by atoms with Gasteiger partial charge >= 0.3 is 6.03 Å². The van der Waals surface area contributed by atoms with Crippen molar-refractivity contribution >= 4 is 17.9 Å². The zero-order chi connectivity index (χ0) is 21.8. The highest BCUT2D eigenvalue weighted by atomic mass is 16.5. The molecule has 0 saturated carbocycles. The van der Waals surface area contributed by atoms with Crippen LogP contribution in [0.4, 0.5) is 10.5 Å². The number of hydrogen-bond acceptors (Lipinski definition) is 8. The van der Waals surface area contributed by atoms with E-state index in [-0.39, 0.29) is 18.7 Å². The summed E-state index contributed by atoms with van der Waals surface area (Å²) < 4.78 is 11.8. The quantitative estimate of drug-likeness (QED) is 0.459. The van der Waals surface area contributed by atoms with E-state index in [9.17, 15) is 4.79 Å². The molecule has 0 bridgehead atoms. The fourth-order valence-electron chi connectivity index (χ4n) is 3.55. The Hall–Kier alpha value is -3.53. The minimum absolute atomic E-state index is 0.134. The summed E-state index contributed by atoms with van der Waals surface area (Å²) in [5.74, 6) is 0.379. The van der Waals surface area contributed by atoms with Crippen LogP contribution in [0.3, 0.4) is 0 Å². The third-order valence-corrected chi connectivity index (χ3v) is 5.18. The second-order valence-electron chi connectivity index (χ2n) is 7.24. The van der Waals surface area contributed by atoms with Gasteiger partial charge in [0.05, 0.1) is 37.3 Å². The van der Waals surface area contributed by atoms with E-state index in [4.69, 9.17) is 20.6 Å². The van der Waals surface area contributed by atoms with Gasteiger partial charge in [-0.25, -0.2) is 9.78 Å². The molecule has 10 heteroatoms. The Morgan fingerprint density at radius 1 is 1.39 bits per heavy atom. The number of nitrogens with zero attached hydrogens (tertiary/aromatic N) is 4. The second-order valence-corrected chi connectivity index (χ2v) is 7.24. The van der Waals surface area contributed by atoms with Crippen molar-refractivity contribution in [3.05, 3.63) is 40.5 Å². The molecule has 2 amide bonds. The SMILES string of the molecule is CNC(=O)N1CCOC(COc2nc(-c3ccc(N)c(C=N)c3)cc3c2=NCCN=3)C1. The van der Waals surface area contributed by atoms with Crippen molar-refractivity contribution in [2.45, 2.75) is 6.10 Å². The molecule has 2 aliphatic heterocycles. The van der Waals surface area contributed by atoms with Gasteiger partial charge in [-0.1, -0.05) is 6.07 Å². The highest BCUT2D eigenvalue weighted by Crippen LogP contribution is 2.21. The van der Waals surface area contributed by atoms with E-state index in [2.05, 4.69) is 20.3 Å². The summed E-state index contributed by atoms with van der Waals surface area (Å²) in [7, 11) is 1.61. The van der Waals surface area contributed by atoms with E-state index in [0.29, 0.717) is 61.0 Å². The Labute approximate surface area is 179 Å². The lowest BCUT2D eigenvalue weighted by Crippen LogP contribution is -2.50. The molecule has 2 aliphatic rings. The maximum absolute atomic E-state index is 11.9. The van der Waals surface area contributed by atoms with Crippen LogP contribution in [0.25, 0.3) is 11.3 Å². The molecule has 1 atom stereocenters. The summed E-state index contributed by atoms with van der Waals surface area (Å²) in [5.41, 5.74) is 8.53. The Bertz CT molecular complexity index is 1120. The van der Waals surface area contributed by atoms with E-state index in [1.54, 1.807) is 18.0 Å². The fraction of sp³-hybridized carbons (Fsp3) is 0.381. The van der Waals surface area contributed by atoms with Crippen molar-refractivity contribution in [2.24, 2.45) is 9.98 Å². The molecule has 1 unspecified atom stereocenters. The van der Waals surface area contributed by atoms with Gasteiger partial charge < -0.3 is 30.8 Å². The highest BCUT2D eigenvalue weighted by Gasteiger charge is 2.24. The monoisotopic (exact) mass is 423 g/mol. The number of carbonyl (C=O) groups is 1. The van der Waals surface area contributed by atoms with Crippen LogP contribution in [-0.2, 0) is 4.74 Å². The number of fused-ring (bicyclic) bond motifs is 1. The van der Waals surface area contributed by atoms with Gasteiger partial charge in [0.1, 0.15) is 18.1 Å². The molecule has 1 saturated heterocycles. The van der Waals surface area contributed by atoms with Gasteiger partial charge in [-0.3, -0.25) is 9.98 Å². The number of nitrogens with two attached hydrogens (primary N) is 1. The fourth-order valence-corrected chi connectivity index (χ4v) is 3.55. The first kappa shape index (κ1) is 20.7. The third-order valence-electron chi connectivity index (χ3n) is 5.18. The third kappa shape index (κ3) is 4.48. The predicted molar refractivity (Wildman–Crippen MR) is 115 cm³/mol. The van der Waals surface area contributed by atoms with Crippen molar-refractivity contribution in [3.63, 3.8) is 0 Å². The second kappa shape index (κ2) is 9.09. The average molecular weight is 423 g/mol. The number of morpholine rings is 1. The van der Waals surface area contributed by atoms with Crippen molar-refractivity contribution in [2.75, 3.05) is 52.2 Å². The van der Waals surface area contributed by atoms with Gasteiger partial charge in [-0.2, -0.15) is 0 Å². The number of benzene rings is 1. The van der Waals surface area contributed by atoms with E-state index in [1.807, 2.05) is 18.2 Å². The lowest BCUT2D eigenvalue weighted by molar-refractivity contribution is -0.0359. The molecule has 162 valence electrons. The van der Waals surface area contributed by atoms with Crippen molar-refractivity contribution in [3.8, 4) is 17.1 Å². The summed E-state index contributed by atoms with van der Waals surface area (Å²) in [6.07, 6.45) is 0.946. The number of pyridine rings is 1. The van der Waals surface area contributed by atoms with E-state index in [1.165, 1.54) is 6.21 Å². The Balaban J connectivity index is 1.61. The molecular weight excluding hydrogens is 398 g/mol. The van der Waals surface area contributed by atoms with Crippen LogP contribution in [0.2, 0.25) is 0 Å². The lowest BCUT2D eigenvalue weighted by atomic mass is 10.1. The van der Waals surface area contributed by atoms with Crippen LogP contribution in [0.15, 0.2) is 34.3 Å². The molecule has 10 nitrogen and oxygen atoms in total. The maximum atomic E-state index is 11.9. The van der Waals surface area contributed by atoms with Crippen LogP contribution in [-0.4, -0.2) is 74.7 Å². The van der Waals surface area contributed by atoms with Crippen LogP contribution in [0.1, 0.15) is 5.56 Å². The number of ether oxygens (including phenoxy) is 2. The predicted octanol–water partition coefficient (Wildman–Crippen LogP) is 0.000270. The summed E-state index contributed by atoms with van der Waals surface area (Å²) in [4.78, 5) is 27.4. The molecule has 1 fully saturated rings. The Morgan fingerprint density at radius 2 is 2.23 bits per heavy atom. The number of nitrogen functional groups attached to an aromatic ring is 1. The summed E-state index contributed by atoms with van der Waals surface area (Å²) in [5, 5.41) is 11.5. The average Bonchev–Trinajstić information content (AvgIpc) is 2.82. The summed E-state index contributed by atoms with van der Waals surface area (Å²) in [6, 6.07) is 7.15. The van der Waals surface area contributed by atoms with Crippen molar-refractivity contribution < 1.29 is 14.3 Å². The number of amides is 2. The molecule has 0 spiro atoms. The number of aromatic nitrogens is 1. The number of anilines is 1. The molecule has 1 aromatic carbocycles. The smallest absolute Gasteiger partial charge is 0.317 e. The lowest BCUT2D eigenvalue weighted by Gasteiger charge is -2.32. The molecule has 4 rings (SSSR count). The van der Waals surface area contributed by atoms with Crippen LogP contribution in [0.5, 0.6) is 5.88 Å². The number of rotatable bonds is 5. The van der Waals surface area contributed by atoms with Crippen molar-refractivity contribution in [1.82, 2.24) is 15.2 Å². The maximum Gasteiger partial charge on any atom is 0.317 e. The van der Waals surface area contributed by atoms with Gasteiger partial charge in [0.15, 0.2) is 0 Å². The first-order valence-electron chi connectivity index (χ1n) is 10.1. The molecular formula is C21H25N7O3. The Morgan fingerprint density at radius 3 is 3.03 bits per heavy atom. The first-order valence-corrected chi connectivity index (χ1v) is 10.1. The van der Waals surface area contributed by atoms with Gasteiger partial charge in [0.25, 0.3) is 0 Å². The zero-order valence-corrected chi connectivity index (χ0v) is 17.3. The minimum Gasteiger partial charge on any atom is -0.473 e. The van der Waals surface area contributed by atoms with Gasteiger partial charge in [0, 0.05) is 36.6 Å². The zero-order valence-electron chi connectivity index (χ0n) is 17.3. The van der Waals surface area contributed by atoms with Crippen molar-refractivity contribution in [1.29, 1.82) is 5.41 Å². The standard InChI is InChI=1S/C21H25N7O3/c1-24-21(29)28-6-7-30-15(11-28)12-31-20-19-18(25-4-5-26-19)9-17(27-20)13-2-3-16(23)14(8-13)10-22/h2-3,8-10,15,22H,4-7,11-12,23H2,1H3,(H,24,29). The molecule has 1 aromatic heterocycles. The number of hydrogen-bond donors (Lipinski definition) is 3. The molecule has 0 radical (unpaired) electrons. The highest BCUT2D eigenvalue weighted by molar-refractivity contribution is 5.87. The first-order chi connectivity index (χ1) is 15.1. The number of nitrogens with one attached hydrogen (secondary N) is 2. The van der Waals surface area contributed by atoms with Crippen LogP contribution < -0.4 is 26.5 Å². The topological polar surface area (TPSA) is 138 Å². The summed E-state index contributed by atoms with van der Waals surface area (Å²) >= 11 is 0. The van der Waals surface area contributed by atoms with E-state index in [0.717, 1.165) is 10.9 Å². The van der Waals surface area contributed by atoms with E-state index < -0.39 is 0 Å². The van der Waals surface area contributed by atoms with Gasteiger partial charge in [-0.05, 0) is 18.2 Å². The molecule has 3 heterocycles.